The predicted octanol–water partition coefficient (Wildman–Crippen LogP) is 1.12. The highest BCUT2D eigenvalue weighted by Gasteiger charge is 1.65. The van der Waals surface area contributed by atoms with Crippen LogP contribution in [0.5, 0.6) is 0 Å². The average Bonchev–Trinajstić information content (AvgIpc) is 1.81. The predicted molar refractivity (Wildman–Crippen MR) is 32.4 cm³/mol. The summed E-state index contributed by atoms with van der Waals surface area (Å²) in [6.07, 6.45) is 3.60. The molecule has 0 aromatic heterocycles. The summed E-state index contributed by atoms with van der Waals surface area (Å²) in [7, 11) is 0. The monoisotopic (exact) mass is 108 g/mol. The van der Waals surface area contributed by atoms with E-state index in [-0.39, 0.29) is 0 Å². The zero-order valence-corrected chi connectivity index (χ0v) is 4.86. The number of aliphatic hydroxyl groups excluding tert-OH is 1. The van der Waals surface area contributed by atoms with Crippen LogP contribution in [0, 0.1) is 23.9 Å². The lowest BCUT2D eigenvalue weighted by Crippen LogP contribution is -1.59. The topological polar surface area (TPSA) is 20.2 Å². The van der Waals surface area contributed by atoms with Crippen LogP contribution in [0.2, 0.25) is 0 Å². The van der Waals surface area contributed by atoms with Crippen LogP contribution in [0.3, 0.4) is 0 Å². The molecule has 0 bridgehead atoms. The summed E-state index contributed by atoms with van der Waals surface area (Å²) in [5.74, 6) is 7.45. The van der Waals surface area contributed by atoms with Crippen molar-refractivity contribution in [3.63, 3.8) is 0 Å². The van der Waals surface area contributed by atoms with Crippen LogP contribution in [0.1, 0.15) is 19.8 Å². The van der Waals surface area contributed by atoms with Crippen molar-refractivity contribution in [1.29, 1.82) is 0 Å². The summed E-state index contributed by atoms with van der Waals surface area (Å²) in [5.41, 5.74) is 0. The highest BCUT2D eigenvalue weighted by Crippen LogP contribution is 1.79. The summed E-state index contributed by atoms with van der Waals surface area (Å²) >= 11 is 0. The molecular formula is C7H8O. The lowest BCUT2D eigenvalue weighted by atomic mass is 10.3. The second-order valence-electron chi connectivity index (χ2n) is 1.29. The van der Waals surface area contributed by atoms with Gasteiger partial charge in [-0.25, -0.2) is 0 Å². The minimum Gasteiger partial charge on any atom is -0.461 e. The molecule has 0 atom stereocenters. The van der Waals surface area contributed by atoms with Crippen molar-refractivity contribution in [3.05, 3.63) is 0 Å². The maximum Gasteiger partial charge on any atom is 0.122 e. The Labute approximate surface area is 49.7 Å². The first-order chi connectivity index (χ1) is 3.91. The first-order valence-corrected chi connectivity index (χ1v) is 2.53. The quantitative estimate of drug-likeness (QED) is 0.499. The zero-order chi connectivity index (χ0) is 6.24. The first kappa shape index (κ1) is 6.92. The molecule has 0 rings (SSSR count). The third-order valence-electron chi connectivity index (χ3n) is 0.582. The highest BCUT2D eigenvalue weighted by molar-refractivity contribution is 5.23. The van der Waals surface area contributed by atoms with Crippen molar-refractivity contribution in [2.45, 2.75) is 19.8 Å². The summed E-state index contributed by atoms with van der Waals surface area (Å²) in [6, 6.07) is 0. The minimum atomic E-state index is 0.856. The molecule has 0 amide bonds. The fourth-order valence-electron chi connectivity index (χ4n) is 0.260. The molecule has 0 aliphatic rings. The van der Waals surface area contributed by atoms with Gasteiger partial charge in [-0.05, 0) is 12.3 Å². The number of aliphatic hydroxyl groups is 1. The average molecular weight is 108 g/mol. The minimum absolute atomic E-state index is 0.856. The van der Waals surface area contributed by atoms with Gasteiger partial charge >= 0.3 is 0 Å². The molecule has 0 aliphatic carbocycles. The van der Waals surface area contributed by atoms with Gasteiger partial charge in [0, 0.05) is 12.3 Å². The molecule has 0 aromatic carbocycles. The molecule has 0 unspecified atom stereocenters. The normalized spacial score (nSPS) is 5.62. The Morgan fingerprint density at radius 2 is 2.12 bits per heavy atom. The SMILES string of the molecule is CCCC#CC#CO. The first-order valence-electron chi connectivity index (χ1n) is 2.53. The van der Waals surface area contributed by atoms with Crippen LogP contribution in [0.4, 0.5) is 0 Å². The third-order valence-corrected chi connectivity index (χ3v) is 0.582. The summed E-state index contributed by atoms with van der Waals surface area (Å²) in [6.45, 7) is 2.04. The van der Waals surface area contributed by atoms with Gasteiger partial charge in [-0.1, -0.05) is 12.8 Å². The number of hydrogen-bond donors (Lipinski definition) is 1. The van der Waals surface area contributed by atoms with Crippen molar-refractivity contribution in [2.24, 2.45) is 0 Å². The molecule has 1 nitrogen and oxygen atoms in total. The van der Waals surface area contributed by atoms with Gasteiger partial charge in [0.25, 0.3) is 0 Å². The van der Waals surface area contributed by atoms with E-state index >= 15 is 0 Å². The van der Waals surface area contributed by atoms with Crippen LogP contribution in [0.15, 0.2) is 0 Å². The molecule has 0 saturated carbocycles. The lowest BCUT2D eigenvalue weighted by Gasteiger charge is -1.71. The molecule has 0 aliphatic heterocycles. The van der Waals surface area contributed by atoms with Crippen molar-refractivity contribution in [2.75, 3.05) is 0 Å². The van der Waals surface area contributed by atoms with E-state index in [2.05, 4.69) is 17.8 Å². The van der Waals surface area contributed by atoms with E-state index in [1.54, 1.807) is 6.11 Å². The van der Waals surface area contributed by atoms with Gasteiger partial charge in [0.15, 0.2) is 0 Å². The van der Waals surface area contributed by atoms with E-state index in [1.807, 2.05) is 6.92 Å². The molecular weight excluding hydrogens is 100 g/mol. The standard InChI is InChI=1S/C7H8O/c1-2-3-4-5-6-7-8/h8H,2-3H2,1H3. The van der Waals surface area contributed by atoms with Crippen LogP contribution >= 0.6 is 0 Å². The van der Waals surface area contributed by atoms with E-state index in [1.165, 1.54) is 0 Å². The Kier molecular flexibility index (Phi) is 5.12. The van der Waals surface area contributed by atoms with Crippen molar-refractivity contribution in [1.82, 2.24) is 0 Å². The second kappa shape index (κ2) is 5.92. The largest absolute Gasteiger partial charge is 0.461 e. The molecule has 0 saturated heterocycles. The van der Waals surface area contributed by atoms with Crippen LogP contribution in [0.25, 0.3) is 0 Å². The van der Waals surface area contributed by atoms with E-state index in [4.69, 9.17) is 5.11 Å². The molecule has 1 N–H and O–H groups in total. The molecule has 1 heteroatoms. The lowest BCUT2D eigenvalue weighted by molar-refractivity contribution is 0.517. The smallest absolute Gasteiger partial charge is 0.122 e. The molecule has 8 heavy (non-hydrogen) atoms. The summed E-state index contributed by atoms with van der Waals surface area (Å²) in [4.78, 5) is 0. The fourth-order valence-corrected chi connectivity index (χ4v) is 0.260. The van der Waals surface area contributed by atoms with E-state index in [0.717, 1.165) is 12.8 Å². The Hall–Kier alpha value is -1.08. The summed E-state index contributed by atoms with van der Waals surface area (Å²) < 4.78 is 0. The number of rotatable bonds is 1. The van der Waals surface area contributed by atoms with Crippen molar-refractivity contribution in [3.8, 4) is 23.9 Å². The Morgan fingerprint density at radius 3 is 2.62 bits per heavy atom. The van der Waals surface area contributed by atoms with E-state index in [0.29, 0.717) is 0 Å². The maximum atomic E-state index is 7.90. The molecule has 0 heterocycles. The highest BCUT2D eigenvalue weighted by atomic mass is 16.2. The molecule has 0 fully saturated rings. The Morgan fingerprint density at radius 1 is 1.38 bits per heavy atom. The molecule has 0 radical (unpaired) electrons. The molecule has 0 aromatic rings. The van der Waals surface area contributed by atoms with Gasteiger partial charge in [0.2, 0.25) is 0 Å². The van der Waals surface area contributed by atoms with Crippen molar-refractivity contribution >= 4 is 0 Å². The van der Waals surface area contributed by atoms with Gasteiger partial charge in [-0.3, -0.25) is 0 Å². The third kappa shape index (κ3) is 4.92. The van der Waals surface area contributed by atoms with Gasteiger partial charge in [-0.2, -0.15) is 0 Å². The van der Waals surface area contributed by atoms with Crippen LogP contribution in [-0.2, 0) is 0 Å². The van der Waals surface area contributed by atoms with Crippen molar-refractivity contribution < 1.29 is 5.11 Å². The van der Waals surface area contributed by atoms with E-state index in [9.17, 15) is 0 Å². The van der Waals surface area contributed by atoms with Gasteiger partial charge in [0.05, 0.1) is 0 Å². The number of hydrogen-bond acceptors (Lipinski definition) is 1. The zero-order valence-electron chi connectivity index (χ0n) is 4.86. The Balaban J connectivity index is 3.31. The maximum absolute atomic E-state index is 7.90. The molecule has 0 spiro atoms. The van der Waals surface area contributed by atoms with Gasteiger partial charge < -0.3 is 5.11 Å². The van der Waals surface area contributed by atoms with Crippen LogP contribution in [-0.4, -0.2) is 5.11 Å². The molecule has 42 valence electrons. The fraction of sp³-hybridized carbons (Fsp3) is 0.429. The van der Waals surface area contributed by atoms with Crippen LogP contribution < -0.4 is 0 Å². The number of unbranched alkanes of at least 4 members (excludes halogenated alkanes) is 1. The van der Waals surface area contributed by atoms with E-state index < -0.39 is 0 Å². The Bertz CT molecular complexity index is 149. The van der Waals surface area contributed by atoms with Gasteiger partial charge in [-0.15, -0.1) is 0 Å². The van der Waals surface area contributed by atoms with Gasteiger partial charge in [0.1, 0.15) is 6.11 Å². The summed E-state index contributed by atoms with van der Waals surface area (Å²) in [5, 5.41) is 7.90. The second-order valence-corrected chi connectivity index (χ2v) is 1.29.